The van der Waals surface area contributed by atoms with Crippen molar-refractivity contribution in [1.82, 2.24) is 25.0 Å². The standard InChI is InChI=1S/C19H21N5.ClH/c1-8-22-24(12-1)18-4-2-16(3-5-18)15-23-13-11-21-14-19(23)17-6-9-20-10-7-17;/h1-10,12,19,21H,11,13-15H2;1H. The zero-order chi connectivity index (χ0) is 16.2. The Morgan fingerprint density at radius 2 is 1.84 bits per heavy atom. The van der Waals surface area contributed by atoms with Crippen LogP contribution < -0.4 is 5.32 Å². The SMILES string of the molecule is Cl.c1cnn(-c2ccc(CN3CCNCC3c3ccncc3)cc2)c1. The van der Waals surface area contributed by atoms with E-state index in [0.29, 0.717) is 6.04 Å². The first kappa shape index (κ1) is 17.6. The van der Waals surface area contributed by atoms with Gasteiger partial charge in [0.15, 0.2) is 0 Å². The number of rotatable bonds is 4. The highest BCUT2D eigenvalue weighted by Gasteiger charge is 2.23. The van der Waals surface area contributed by atoms with Crippen LogP contribution in [0.4, 0.5) is 0 Å². The summed E-state index contributed by atoms with van der Waals surface area (Å²) in [5, 5.41) is 7.78. The molecule has 1 aliphatic heterocycles. The quantitative estimate of drug-likeness (QED) is 0.781. The number of aromatic nitrogens is 3. The molecule has 4 rings (SSSR count). The Bertz CT molecular complexity index is 758. The molecular weight excluding hydrogens is 334 g/mol. The van der Waals surface area contributed by atoms with Gasteiger partial charge in [0.1, 0.15) is 0 Å². The lowest BCUT2D eigenvalue weighted by Crippen LogP contribution is -2.45. The maximum Gasteiger partial charge on any atom is 0.0645 e. The molecule has 5 nitrogen and oxygen atoms in total. The molecule has 1 fully saturated rings. The molecule has 0 aliphatic carbocycles. The van der Waals surface area contributed by atoms with Crippen molar-refractivity contribution in [2.24, 2.45) is 0 Å². The topological polar surface area (TPSA) is 46.0 Å². The predicted octanol–water partition coefficient (Wildman–Crippen LogP) is 2.84. The van der Waals surface area contributed by atoms with E-state index in [2.05, 4.69) is 56.7 Å². The fraction of sp³-hybridized carbons (Fsp3) is 0.263. The Hall–Kier alpha value is -2.21. The molecule has 1 aliphatic rings. The Balaban J connectivity index is 0.00000182. The maximum absolute atomic E-state index is 4.28. The van der Waals surface area contributed by atoms with E-state index < -0.39 is 0 Å². The zero-order valence-electron chi connectivity index (χ0n) is 14.0. The average molecular weight is 356 g/mol. The largest absolute Gasteiger partial charge is 0.314 e. The summed E-state index contributed by atoms with van der Waals surface area (Å²) in [4.78, 5) is 6.67. The molecule has 1 N–H and O–H groups in total. The molecule has 25 heavy (non-hydrogen) atoms. The number of pyridine rings is 1. The molecule has 2 aromatic heterocycles. The lowest BCUT2D eigenvalue weighted by atomic mass is 10.0. The van der Waals surface area contributed by atoms with Gasteiger partial charge in [0.2, 0.25) is 0 Å². The first-order chi connectivity index (χ1) is 11.9. The molecule has 3 aromatic rings. The Morgan fingerprint density at radius 3 is 2.56 bits per heavy atom. The summed E-state index contributed by atoms with van der Waals surface area (Å²) >= 11 is 0. The number of benzene rings is 1. The van der Waals surface area contributed by atoms with Crippen LogP contribution in [0.5, 0.6) is 0 Å². The maximum atomic E-state index is 4.28. The molecule has 1 aromatic carbocycles. The summed E-state index contributed by atoms with van der Waals surface area (Å²) in [5.41, 5.74) is 3.74. The van der Waals surface area contributed by atoms with Crippen molar-refractivity contribution in [2.45, 2.75) is 12.6 Å². The molecule has 0 bridgehead atoms. The lowest BCUT2D eigenvalue weighted by Gasteiger charge is -2.36. The minimum atomic E-state index is 0. The van der Waals surface area contributed by atoms with E-state index in [0.717, 1.165) is 31.9 Å². The van der Waals surface area contributed by atoms with Gasteiger partial charge in [0.25, 0.3) is 0 Å². The van der Waals surface area contributed by atoms with Gasteiger partial charge in [0.05, 0.1) is 5.69 Å². The fourth-order valence-corrected chi connectivity index (χ4v) is 3.26. The number of nitrogens with zero attached hydrogens (tertiary/aromatic N) is 4. The van der Waals surface area contributed by atoms with Crippen LogP contribution in [-0.2, 0) is 6.54 Å². The van der Waals surface area contributed by atoms with Crippen LogP contribution in [0.2, 0.25) is 0 Å². The van der Waals surface area contributed by atoms with Gasteiger partial charge < -0.3 is 5.32 Å². The van der Waals surface area contributed by atoms with E-state index in [-0.39, 0.29) is 12.4 Å². The van der Waals surface area contributed by atoms with E-state index in [1.54, 1.807) is 6.20 Å². The van der Waals surface area contributed by atoms with Gasteiger partial charge in [-0.3, -0.25) is 9.88 Å². The second kappa shape index (κ2) is 8.25. The van der Waals surface area contributed by atoms with Crippen LogP contribution in [0.3, 0.4) is 0 Å². The molecule has 0 saturated carbocycles. The van der Waals surface area contributed by atoms with Gasteiger partial charge in [-0.25, -0.2) is 4.68 Å². The van der Waals surface area contributed by atoms with Crippen molar-refractivity contribution in [3.8, 4) is 5.69 Å². The predicted molar refractivity (Wildman–Crippen MR) is 101 cm³/mol. The fourth-order valence-electron chi connectivity index (χ4n) is 3.26. The first-order valence-corrected chi connectivity index (χ1v) is 8.34. The third-order valence-corrected chi connectivity index (χ3v) is 4.54. The number of hydrogen-bond donors (Lipinski definition) is 1. The van der Waals surface area contributed by atoms with Crippen molar-refractivity contribution in [3.63, 3.8) is 0 Å². The summed E-state index contributed by atoms with van der Waals surface area (Å²) in [6.45, 7) is 4.02. The molecule has 6 heteroatoms. The van der Waals surface area contributed by atoms with E-state index in [9.17, 15) is 0 Å². The molecule has 0 spiro atoms. The smallest absolute Gasteiger partial charge is 0.0645 e. The Kier molecular flexibility index (Phi) is 5.81. The van der Waals surface area contributed by atoms with E-state index in [1.165, 1.54) is 11.1 Å². The van der Waals surface area contributed by atoms with Gasteiger partial charge in [-0.05, 0) is 41.5 Å². The highest BCUT2D eigenvalue weighted by Crippen LogP contribution is 2.24. The van der Waals surface area contributed by atoms with Crippen LogP contribution in [0, 0.1) is 0 Å². The van der Waals surface area contributed by atoms with Gasteiger partial charge in [0, 0.05) is 57.0 Å². The van der Waals surface area contributed by atoms with Crippen molar-refractivity contribution in [2.75, 3.05) is 19.6 Å². The molecule has 1 saturated heterocycles. The summed E-state index contributed by atoms with van der Waals surface area (Å²) in [6, 6.07) is 15.2. The normalized spacial score (nSPS) is 17.8. The summed E-state index contributed by atoms with van der Waals surface area (Å²) in [6.07, 6.45) is 7.51. The number of hydrogen-bond acceptors (Lipinski definition) is 4. The minimum Gasteiger partial charge on any atom is -0.314 e. The molecule has 130 valence electrons. The van der Waals surface area contributed by atoms with Gasteiger partial charge >= 0.3 is 0 Å². The summed E-state index contributed by atoms with van der Waals surface area (Å²) < 4.78 is 1.88. The number of nitrogens with one attached hydrogen (secondary N) is 1. The number of halogens is 1. The highest BCUT2D eigenvalue weighted by molar-refractivity contribution is 5.85. The van der Waals surface area contributed by atoms with Crippen LogP contribution >= 0.6 is 12.4 Å². The van der Waals surface area contributed by atoms with E-state index in [1.807, 2.05) is 29.3 Å². The molecule has 1 atom stereocenters. The molecule has 0 radical (unpaired) electrons. The Morgan fingerprint density at radius 1 is 1.04 bits per heavy atom. The lowest BCUT2D eigenvalue weighted by molar-refractivity contribution is 0.153. The Labute approximate surface area is 154 Å². The highest BCUT2D eigenvalue weighted by atomic mass is 35.5. The molecule has 0 amide bonds. The third kappa shape index (κ3) is 4.07. The summed E-state index contributed by atoms with van der Waals surface area (Å²) in [5.74, 6) is 0. The number of piperazine rings is 1. The van der Waals surface area contributed by atoms with Crippen LogP contribution in [0.1, 0.15) is 17.2 Å². The molecule has 3 heterocycles. The third-order valence-electron chi connectivity index (χ3n) is 4.54. The summed E-state index contributed by atoms with van der Waals surface area (Å²) in [7, 11) is 0. The second-order valence-electron chi connectivity index (χ2n) is 6.09. The van der Waals surface area contributed by atoms with Crippen LogP contribution in [0.15, 0.2) is 67.3 Å². The zero-order valence-corrected chi connectivity index (χ0v) is 14.8. The van der Waals surface area contributed by atoms with Gasteiger partial charge in [-0.1, -0.05) is 12.1 Å². The molecular formula is C19H22ClN5. The van der Waals surface area contributed by atoms with Gasteiger partial charge in [-0.15, -0.1) is 12.4 Å². The molecule has 1 unspecified atom stereocenters. The van der Waals surface area contributed by atoms with Crippen LogP contribution in [-0.4, -0.2) is 39.3 Å². The van der Waals surface area contributed by atoms with Crippen LogP contribution in [0.25, 0.3) is 5.69 Å². The van der Waals surface area contributed by atoms with Crippen molar-refractivity contribution in [3.05, 3.63) is 78.4 Å². The van der Waals surface area contributed by atoms with E-state index in [4.69, 9.17) is 0 Å². The average Bonchev–Trinajstić information content (AvgIpc) is 3.18. The van der Waals surface area contributed by atoms with Crippen molar-refractivity contribution < 1.29 is 0 Å². The van der Waals surface area contributed by atoms with Gasteiger partial charge in [-0.2, -0.15) is 5.10 Å². The first-order valence-electron chi connectivity index (χ1n) is 8.34. The minimum absolute atomic E-state index is 0. The monoisotopic (exact) mass is 355 g/mol. The van der Waals surface area contributed by atoms with Crippen molar-refractivity contribution >= 4 is 12.4 Å². The van der Waals surface area contributed by atoms with Crippen molar-refractivity contribution in [1.29, 1.82) is 0 Å². The van der Waals surface area contributed by atoms with E-state index >= 15 is 0 Å². The second-order valence-corrected chi connectivity index (χ2v) is 6.09.